The van der Waals surface area contributed by atoms with Gasteiger partial charge in [-0.1, -0.05) is 30.3 Å². The van der Waals surface area contributed by atoms with Gasteiger partial charge in [0.1, 0.15) is 28.9 Å². The van der Waals surface area contributed by atoms with E-state index in [2.05, 4.69) is 117 Å². The third kappa shape index (κ3) is 4.82. The largest absolute Gasteiger partial charge is 0.484 e. The summed E-state index contributed by atoms with van der Waals surface area (Å²) in [6, 6.07) is 29.2. The molecule has 7 nitrogen and oxygen atoms in total. The lowest BCUT2D eigenvalue weighted by molar-refractivity contribution is 0.183. The quantitative estimate of drug-likeness (QED) is 0.141. The Morgan fingerprint density at radius 1 is 0.583 bits per heavy atom. The van der Waals surface area contributed by atoms with E-state index in [1.807, 2.05) is 18.2 Å². The highest BCUT2D eigenvalue weighted by Gasteiger charge is 2.57. The highest BCUT2D eigenvalue weighted by molar-refractivity contribution is 5.86. The predicted octanol–water partition coefficient (Wildman–Crippen LogP) is 8.91. The lowest BCUT2D eigenvalue weighted by Gasteiger charge is -2.42. The maximum absolute atomic E-state index is 13.4. The molecule has 2 aliphatic rings. The molecule has 0 saturated carbocycles. The molecule has 5 aromatic rings. The topological polar surface area (TPSA) is 58.4 Å². The monoisotopic (exact) mass is 643 g/mol. The Kier molecular flexibility index (Phi) is 8.32. The minimum absolute atomic E-state index is 0.398. The smallest absolute Gasteiger partial charge is 0.336 e. The Morgan fingerprint density at radius 3 is 1.65 bits per heavy atom. The van der Waals surface area contributed by atoms with E-state index in [9.17, 15) is 4.79 Å². The molecule has 0 bridgehead atoms. The molecule has 0 saturated heterocycles. The third-order valence-electron chi connectivity index (χ3n) is 10.4. The van der Waals surface area contributed by atoms with Gasteiger partial charge in [-0.3, -0.25) is 0 Å². The number of benzene rings is 4. The summed E-state index contributed by atoms with van der Waals surface area (Å²) in [5, 5.41) is 0.858. The molecule has 0 radical (unpaired) electrons. The summed E-state index contributed by atoms with van der Waals surface area (Å²) < 4.78 is 19.9. The summed E-state index contributed by atoms with van der Waals surface area (Å²) in [5.41, 5.74) is 6.45. The van der Waals surface area contributed by atoms with Crippen molar-refractivity contribution >= 4 is 28.0 Å². The molecule has 0 N–H and O–H groups in total. The third-order valence-corrected chi connectivity index (χ3v) is 10.4. The number of fused-ring (bicyclic) bond motifs is 7. The second-order valence-electron chi connectivity index (χ2n) is 12.5. The van der Waals surface area contributed by atoms with Crippen molar-refractivity contribution in [3.63, 3.8) is 0 Å². The molecule has 7 heteroatoms. The summed E-state index contributed by atoms with van der Waals surface area (Å²) in [7, 11) is 0. The Labute approximate surface area is 283 Å². The summed E-state index contributed by atoms with van der Waals surface area (Å²) in [4.78, 5) is 20.3. The zero-order valence-corrected chi connectivity index (χ0v) is 28.9. The van der Waals surface area contributed by atoms with Crippen LogP contribution in [0.2, 0.25) is 0 Å². The maximum Gasteiger partial charge on any atom is 0.336 e. The van der Waals surface area contributed by atoms with E-state index in [0.717, 1.165) is 101 Å². The van der Waals surface area contributed by atoms with Crippen LogP contribution in [0.4, 0.5) is 17.1 Å². The van der Waals surface area contributed by atoms with Crippen LogP contribution in [-0.2, 0) is 5.41 Å². The number of hydrogen-bond donors (Lipinski definition) is 0. The molecule has 1 spiro atoms. The molecule has 1 unspecified atom stereocenters. The van der Waals surface area contributed by atoms with E-state index in [0.29, 0.717) is 5.58 Å². The average Bonchev–Trinajstić information content (AvgIpc) is 3.44. The van der Waals surface area contributed by atoms with Crippen molar-refractivity contribution in [1.82, 2.24) is 0 Å². The van der Waals surface area contributed by atoms with Crippen molar-refractivity contribution in [1.29, 1.82) is 0 Å². The molecule has 1 aromatic heterocycles. The molecule has 48 heavy (non-hydrogen) atoms. The Morgan fingerprint density at radius 2 is 1.08 bits per heavy atom. The van der Waals surface area contributed by atoms with Crippen molar-refractivity contribution in [2.45, 2.75) is 53.1 Å². The fraction of sp³-hybridized carbons (Fsp3) is 0.341. The lowest BCUT2D eigenvalue weighted by atomic mass is 9.63. The van der Waals surface area contributed by atoms with Gasteiger partial charge in [-0.05, 0) is 71.9 Å². The van der Waals surface area contributed by atoms with Crippen molar-refractivity contribution < 1.29 is 13.9 Å². The molecule has 0 amide bonds. The first-order chi connectivity index (χ1) is 23.4. The van der Waals surface area contributed by atoms with E-state index in [4.69, 9.17) is 13.9 Å². The second-order valence-corrected chi connectivity index (χ2v) is 12.5. The minimum Gasteiger partial charge on any atom is -0.484 e. The molecule has 248 valence electrons. The number of ether oxygens (including phenoxy) is 2. The van der Waals surface area contributed by atoms with Crippen molar-refractivity contribution in [3.05, 3.63) is 118 Å². The number of rotatable bonds is 10. The van der Waals surface area contributed by atoms with E-state index in [1.54, 1.807) is 6.07 Å². The van der Waals surface area contributed by atoms with Gasteiger partial charge < -0.3 is 28.6 Å². The van der Waals surface area contributed by atoms with Gasteiger partial charge in [0.25, 0.3) is 0 Å². The number of anilines is 3. The predicted molar refractivity (Wildman–Crippen MR) is 196 cm³/mol. The molecular formula is C41H45N3O4. The zero-order valence-electron chi connectivity index (χ0n) is 28.9. The minimum atomic E-state index is -0.804. The van der Waals surface area contributed by atoms with Gasteiger partial charge in [0.05, 0.1) is 5.41 Å². The normalized spacial score (nSPS) is 15.3. The first-order valence-electron chi connectivity index (χ1n) is 17.5. The first-order valence-corrected chi connectivity index (χ1v) is 17.5. The average molecular weight is 644 g/mol. The second kappa shape index (κ2) is 12.6. The van der Waals surface area contributed by atoms with Crippen LogP contribution in [0.3, 0.4) is 0 Å². The van der Waals surface area contributed by atoms with Crippen LogP contribution >= 0.6 is 0 Å². The van der Waals surface area contributed by atoms with Crippen LogP contribution in [0.15, 0.2) is 94.1 Å². The van der Waals surface area contributed by atoms with Gasteiger partial charge >= 0.3 is 5.63 Å². The zero-order chi connectivity index (χ0) is 33.6. The SMILES string of the molecule is CCN(CC)c1ccc2c(c1)Oc1cc(N(CC)CC)ccc1C21c2ccccc2OC1c1cc(=O)oc2cc(N(CC)CC)ccc12. The van der Waals surface area contributed by atoms with Gasteiger partial charge in [-0.25, -0.2) is 4.79 Å². The molecule has 2 aliphatic heterocycles. The van der Waals surface area contributed by atoms with Gasteiger partial charge in [-0.15, -0.1) is 0 Å². The summed E-state index contributed by atoms with van der Waals surface area (Å²) >= 11 is 0. The summed E-state index contributed by atoms with van der Waals surface area (Å²) in [5.74, 6) is 2.39. The molecule has 4 aromatic carbocycles. The molecule has 3 heterocycles. The Hall–Kier alpha value is -4.91. The number of nitrogens with zero attached hydrogens (tertiary/aromatic N) is 3. The van der Waals surface area contributed by atoms with Gasteiger partial charge in [-0.2, -0.15) is 0 Å². The van der Waals surface area contributed by atoms with E-state index in [1.165, 1.54) is 0 Å². The highest BCUT2D eigenvalue weighted by Crippen LogP contribution is 2.64. The van der Waals surface area contributed by atoms with Crippen LogP contribution in [0.5, 0.6) is 17.2 Å². The summed E-state index contributed by atoms with van der Waals surface area (Å²) in [6.07, 6.45) is -0.569. The molecule has 0 fully saturated rings. The van der Waals surface area contributed by atoms with E-state index < -0.39 is 17.1 Å². The van der Waals surface area contributed by atoms with Crippen LogP contribution < -0.4 is 29.8 Å². The fourth-order valence-corrected chi connectivity index (χ4v) is 7.98. The van der Waals surface area contributed by atoms with Crippen molar-refractivity contribution in [2.75, 3.05) is 54.0 Å². The number of para-hydroxylation sites is 1. The molecular weight excluding hydrogens is 598 g/mol. The lowest BCUT2D eigenvalue weighted by Crippen LogP contribution is -2.38. The molecule has 7 rings (SSSR count). The Balaban J connectivity index is 1.54. The van der Waals surface area contributed by atoms with Crippen molar-refractivity contribution in [3.8, 4) is 17.2 Å². The van der Waals surface area contributed by atoms with Gasteiger partial charge in [0.15, 0.2) is 0 Å². The van der Waals surface area contributed by atoms with Crippen LogP contribution in [-0.4, -0.2) is 39.3 Å². The molecule has 0 aliphatic carbocycles. The highest BCUT2D eigenvalue weighted by atomic mass is 16.5. The van der Waals surface area contributed by atoms with Crippen molar-refractivity contribution in [2.24, 2.45) is 0 Å². The standard InChI is InChI=1S/C41H45N3O4/c1-7-42(8-2)27-17-20-30-31(26-39(45)47-36(30)23-27)40-41(32-15-13-14-16-35(32)48-40)33-21-18-28(43(9-3)10-4)24-37(33)46-38-25-29(19-22-34(38)41)44(11-5)12-6/h13-26,40H,7-12H2,1-6H3. The fourth-order valence-electron chi connectivity index (χ4n) is 7.98. The first kappa shape index (κ1) is 31.7. The maximum atomic E-state index is 13.4. The van der Waals surface area contributed by atoms with Crippen LogP contribution in [0.1, 0.15) is 69.9 Å². The van der Waals surface area contributed by atoms with E-state index >= 15 is 0 Å². The Bertz CT molecular complexity index is 1960. The number of hydrogen-bond acceptors (Lipinski definition) is 7. The van der Waals surface area contributed by atoms with E-state index in [-0.39, 0.29) is 0 Å². The van der Waals surface area contributed by atoms with Crippen LogP contribution in [0.25, 0.3) is 11.0 Å². The molecule has 1 atom stereocenters. The van der Waals surface area contributed by atoms with Crippen LogP contribution in [0, 0.1) is 0 Å². The summed E-state index contributed by atoms with van der Waals surface area (Å²) in [6.45, 7) is 18.2. The van der Waals surface area contributed by atoms with Gasteiger partial charge in [0.2, 0.25) is 0 Å². The van der Waals surface area contributed by atoms with Gasteiger partial charge in [0, 0.05) is 108 Å².